The monoisotopic (exact) mass is 264 g/mol. The molecule has 1 saturated heterocycles. The van der Waals surface area contributed by atoms with Crippen molar-refractivity contribution in [2.24, 2.45) is 0 Å². The van der Waals surface area contributed by atoms with Gasteiger partial charge in [0.05, 0.1) is 11.9 Å². The molecule has 5 heteroatoms. The average Bonchev–Trinajstić information content (AvgIpc) is 2.45. The van der Waals surface area contributed by atoms with Crippen LogP contribution in [0.2, 0.25) is 0 Å². The third kappa shape index (κ3) is 4.36. The molecule has 0 saturated carbocycles. The Morgan fingerprint density at radius 3 is 2.53 bits per heavy atom. The molecule has 0 aromatic carbocycles. The molecule has 0 aliphatic carbocycles. The topological polar surface area (TPSA) is 65.6 Å². The van der Waals surface area contributed by atoms with Crippen LogP contribution in [0.25, 0.3) is 0 Å². The normalized spacial score (nSPS) is 16.8. The van der Waals surface area contributed by atoms with Gasteiger partial charge in [0.15, 0.2) is 0 Å². The highest BCUT2D eigenvalue weighted by molar-refractivity contribution is 5.48. The Kier molecular flexibility index (Phi) is 5.42. The fourth-order valence-electron chi connectivity index (χ4n) is 2.44. The summed E-state index contributed by atoms with van der Waals surface area (Å²) in [6.07, 6.45) is 5.09. The highest BCUT2D eigenvalue weighted by atomic mass is 16.2. The fraction of sp³-hybridized carbons (Fsp3) is 0.643. The van der Waals surface area contributed by atoms with Crippen molar-refractivity contribution in [2.75, 3.05) is 50.0 Å². The Hall–Kier alpha value is -1.33. The Morgan fingerprint density at radius 2 is 1.89 bits per heavy atom. The van der Waals surface area contributed by atoms with Crippen molar-refractivity contribution in [3.63, 3.8) is 0 Å². The number of rotatable bonds is 6. The Morgan fingerprint density at radius 1 is 1.11 bits per heavy atom. The molecule has 106 valence electrons. The summed E-state index contributed by atoms with van der Waals surface area (Å²) in [5.74, 6) is 0.575. The summed E-state index contributed by atoms with van der Waals surface area (Å²) < 4.78 is 0. The number of hydrogen-bond donors (Lipinski definition) is 2. The lowest BCUT2D eigenvalue weighted by molar-refractivity contribution is 0.242. The molecule has 3 N–H and O–H groups in total. The van der Waals surface area contributed by atoms with Gasteiger partial charge in [0.2, 0.25) is 0 Å². The van der Waals surface area contributed by atoms with Crippen LogP contribution in [0.15, 0.2) is 18.3 Å². The van der Waals surface area contributed by atoms with Crippen molar-refractivity contribution in [3.8, 4) is 0 Å². The highest BCUT2D eigenvalue weighted by Crippen LogP contribution is 2.16. The predicted molar refractivity (Wildman–Crippen MR) is 78.2 cm³/mol. The average molecular weight is 264 g/mol. The summed E-state index contributed by atoms with van der Waals surface area (Å²) in [6, 6.07) is 3.90. The molecule has 1 aliphatic rings. The van der Waals surface area contributed by atoms with E-state index in [-0.39, 0.29) is 0 Å². The molecule has 0 amide bonds. The second-order valence-corrected chi connectivity index (χ2v) is 5.05. The second-order valence-electron chi connectivity index (χ2n) is 5.05. The molecule has 2 heterocycles. The largest absolute Gasteiger partial charge is 0.396 e. The van der Waals surface area contributed by atoms with Crippen LogP contribution in [0.1, 0.15) is 19.3 Å². The number of unbranched alkanes of at least 4 members (excludes halogenated alkanes) is 2. The van der Waals surface area contributed by atoms with E-state index in [0.717, 1.165) is 51.3 Å². The molecular weight excluding hydrogens is 240 g/mol. The first-order chi connectivity index (χ1) is 9.29. The van der Waals surface area contributed by atoms with Crippen molar-refractivity contribution in [1.82, 2.24) is 9.88 Å². The van der Waals surface area contributed by atoms with E-state index < -0.39 is 0 Å². The summed E-state index contributed by atoms with van der Waals surface area (Å²) >= 11 is 0. The first-order valence-electron chi connectivity index (χ1n) is 7.09. The van der Waals surface area contributed by atoms with E-state index in [2.05, 4.69) is 14.8 Å². The van der Waals surface area contributed by atoms with Crippen LogP contribution in [-0.4, -0.2) is 54.3 Å². The van der Waals surface area contributed by atoms with Crippen molar-refractivity contribution in [1.29, 1.82) is 0 Å². The molecule has 5 nitrogen and oxygen atoms in total. The molecule has 2 rings (SSSR count). The molecule has 0 spiro atoms. The molecule has 19 heavy (non-hydrogen) atoms. The van der Waals surface area contributed by atoms with Crippen molar-refractivity contribution < 1.29 is 5.11 Å². The van der Waals surface area contributed by atoms with Crippen LogP contribution in [-0.2, 0) is 0 Å². The van der Waals surface area contributed by atoms with Gasteiger partial charge in [-0.15, -0.1) is 0 Å². The minimum atomic E-state index is 0.317. The van der Waals surface area contributed by atoms with Gasteiger partial charge >= 0.3 is 0 Å². The van der Waals surface area contributed by atoms with Crippen LogP contribution >= 0.6 is 0 Å². The fourth-order valence-corrected chi connectivity index (χ4v) is 2.44. The third-order valence-electron chi connectivity index (χ3n) is 3.64. The van der Waals surface area contributed by atoms with E-state index in [1.165, 1.54) is 6.42 Å². The third-order valence-corrected chi connectivity index (χ3v) is 3.64. The minimum absolute atomic E-state index is 0.317. The maximum absolute atomic E-state index is 8.75. The van der Waals surface area contributed by atoms with E-state index in [9.17, 15) is 0 Å². The predicted octanol–water partition coefficient (Wildman–Crippen LogP) is 0.948. The number of pyridine rings is 1. The van der Waals surface area contributed by atoms with Gasteiger partial charge in [-0.25, -0.2) is 4.98 Å². The van der Waals surface area contributed by atoms with Crippen LogP contribution in [0.5, 0.6) is 0 Å². The van der Waals surface area contributed by atoms with Crippen molar-refractivity contribution in [3.05, 3.63) is 18.3 Å². The number of hydrogen-bond acceptors (Lipinski definition) is 5. The number of aliphatic hydroxyl groups excluding tert-OH is 1. The van der Waals surface area contributed by atoms with E-state index in [1.807, 2.05) is 18.3 Å². The molecule has 1 fully saturated rings. The van der Waals surface area contributed by atoms with Crippen LogP contribution in [0, 0.1) is 0 Å². The molecule has 0 unspecified atom stereocenters. The molecule has 1 aliphatic heterocycles. The Labute approximate surface area is 115 Å². The zero-order valence-electron chi connectivity index (χ0n) is 11.5. The Bertz CT molecular complexity index is 360. The molecule has 1 aromatic heterocycles. The molecule has 0 radical (unpaired) electrons. The number of nitrogen functional groups attached to an aromatic ring is 1. The van der Waals surface area contributed by atoms with Crippen LogP contribution in [0.4, 0.5) is 11.5 Å². The lowest BCUT2D eigenvalue weighted by atomic mass is 10.2. The smallest absolute Gasteiger partial charge is 0.123 e. The maximum atomic E-state index is 8.75. The lowest BCUT2D eigenvalue weighted by Crippen LogP contribution is -2.46. The van der Waals surface area contributed by atoms with Gasteiger partial charge in [0.25, 0.3) is 0 Å². The summed E-state index contributed by atoms with van der Waals surface area (Å²) in [6.45, 7) is 5.76. The number of aromatic nitrogens is 1. The summed E-state index contributed by atoms with van der Waals surface area (Å²) in [5, 5.41) is 8.75. The van der Waals surface area contributed by atoms with Gasteiger partial charge < -0.3 is 15.7 Å². The Balaban J connectivity index is 1.71. The van der Waals surface area contributed by atoms with Gasteiger partial charge in [-0.1, -0.05) is 0 Å². The van der Waals surface area contributed by atoms with Gasteiger partial charge in [0.1, 0.15) is 5.82 Å². The SMILES string of the molecule is Nc1ccc(N2CCN(CCCCCO)CC2)cn1. The number of aliphatic hydroxyl groups is 1. The zero-order chi connectivity index (χ0) is 13.5. The van der Waals surface area contributed by atoms with Crippen LogP contribution in [0.3, 0.4) is 0 Å². The number of piperazine rings is 1. The van der Waals surface area contributed by atoms with Crippen LogP contribution < -0.4 is 10.6 Å². The summed E-state index contributed by atoms with van der Waals surface area (Å²) in [5.41, 5.74) is 6.76. The van der Waals surface area contributed by atoms with Crippen molar-refractivity contribution in [2.45, 2.75) is 19.3 Å². The summed E-state index contributed by atoms with van der Waals surface area (Å²) in [7, 11) is 0. The molecule has 0 atom stereocenters. The number of nitrogens with zero attached hydrogens (tertiary/aromatic N) is 3. The van der Waals surface area contributed by atoms with E-state index in [1.54, 1.807) is 0 Å². The van der Waals surface area contributed by atoms with E-state index >= 15 is 0 Å². The molecular formula is C14H24N4O. The van der Waals surface area contributed by atoms with E-state index in [0.29, 0.717) is 12.4 Å². The standard InChI is InChI=1S/C14H24N4O/c15-14-5-4-13(12-16-14)18-9-7-17(8-10-18)6-2-1-3-11-19/h4-5,12,19H,1-3,6-11H2,(H2,15,16). The summed E-state index contributed by atoms with van der Waals surface area (Å²) in [4.78, 5) is 9.00. The quantitative estimate of drug-likeness (QED) is 0.749. The molecule has 1 aromatic rings. The zero-order valence-corrected chi connectivity index (χ0v) is 11.5. The van der Waals surface area contributed by atoms with Gasteiger partial charge in [0, 0.05) is 32.8 Å². The number of anilines is 2. The number of nitrogens with two attached hydrogens (primary N) is 1. The van der Waals surface area contributed by atoms with Gasteiger partial charge in [-0.3, -0.25) is 4.90 Å². The first-order valence-corrected chi connectivity index (χ1v) is 7.09. The van der Waals surface area contributed by atoms with Gasteiger partial charge in [-0.2, -0.15) is 0 Å². The first kappa shape index (κ1) is 14.1. The molecule has 0 bridgehead atoms. The maximum Gasteiger partial charge on any atom is 0.123 e. The minimum Gasteiger partial charge on any atom is -0.396 e. The van der Waals surface area contributed by atoms with Crippen molar-refractivity contribution >= 4 is 11.5 Å². The lowest BCUT2D eigenvalue weighted by Gasteiger charge is -2.36. The second kappa shape index (κ2) is 7.31. The highest BCUT2D eigenvalue weighted by Gasteiger charge is 2.16. The van der Waals surface area contributed by atoms with E-state index in [4.69, 9.17) is 10.8 Å². The van der Waals surface area contributed by atoms with Gasteiger partial charge in [-0.05, 0) is 37.9 Å².